The summed E-state index contributed by atoms with van der Waals surface area (Å²) in [6.07, 6.45) is -4.83. The van der Waals surface area contributed by atoms with Gasteiger partial charge in [-0.15, -0.1) is 0 Å². The van der Waals surface area contributed by atoms with Gasteiger partial charge in [-0.25, -0.2) is 0 Å². The minimum Gasteiger partial charge on any atom is -0.411 e. The SMILES string of the molecule is CC1OCC(=NO)c2ccc(C(F)(F)F)cc21. The van der Waals surface area contributed by atoms with E-state index in [1.54, 1.807) is 6.92 Å². The highest BCUT2D eigenvalue weighted by atomic mass is 19.4. The maximum Gasteiger partial charge on any atom is 0.416 e. The van der Waals surface area contributed by atoms with Crippen LogP contribution in [0.1, 0.15) is 29.7 Å². The summed E-state index contributed by atoms with van der Waals surface area (Å²) in [4.78, 5) is 0. The number of halogens is 3. The van der Waals surface area contributed by atoms with Gasteiger partial charge in [-0.2, -0.15) is 13.2 Å². The molecule has 0 spiro atoms. The summed E-state index contributed by atoms with van der Waals surface area (Å²) in [5.74, 6) is 0. The van der Waals surface area contributed by atoms with Crippen LogP contribution in [0.3, 0.4) is 0 Å². The molecule has 0 fully saturated rings. The lowest BCUT2D eigenvalue weighted by molar-refractivity contribution is -0.137. The summed E-state index contributed by atoms with van der Waals surface area (Å²) in [5.41, 5.74) is 0.399. The largest absolute Gasteiger partial charge is 0.416 e. The molecule has 0 saturated carbocycles. The van der Waals surface area contributed by atoms with E-state index in [2.05, 4.69) is 5.16 Å². The van der Waals surface area contributed by atoms with E-state index in [4.69, 9.17) is 9.94 Å². The third kappa shape index (κ3) is 2.12. The summed E-state index contributed by atoms with van der Waals surface area (Å²) in [5, 5.41) is 11.8. The fourth-order valence-corrected chi connectivity index (χ4v) is 1.79. The van der Waals surface area contributed by atoms with E-state index in [1.807, 2.05) is 0 Å². The van der Waals surface area contributed by atoms with Gasteiger partial charge < -0.3 is 9.94 Å². The maximum atomic E-state index is 12.5. The maximum absolute atomic E-state index is 12.5. The molecule has 1 aromatic rings. The second-order valence-corrected chi connectivity index (χ2v) is 3.80. The van der Waals surface area contributed by atoms with E-state index < -0.39 is 17.8 Å². The van der Waals surface area contributed by atoms with E-state index in [9.17, 15) is 13.2 Å². The Balaban J connectivity index is 2.54. The third-order valence-corrected chi connectivity index (χ3v) is 2.72. The van der Waals surface area contributed by atoms with E-state index in [-0.39, 0.29) is 12.3 Å². The first-order valence-corrected chi connectivity index (χ1v) is 4.97. The highest BCUT2D eigenvalue weighted by Crippen LogP contribution is 2.34. The molecule has 1 unspecified atom stereocenters. The number of oxime groups is 1. The van der Waals surface area contributed by atoms with Crippen molar-refractivity contribution < 1.29 is 23.1 Å². The van der Waals surface area contributed by atoms with E-state index in [0.717, 1.165) is 12.1 Å². The zero-order valence-electron chi connectivity index (χ0n) is 8.95. The Morgan fingerprint density at radius 3 is 2.71 bits per heavy atom. The Labute approximate surface area is 95.5 Å². The zero-order chi connectivity index (χ0) is 12.6. The minimum atomic E-state index is -4.39. The van der Waals surface area contributed by atoms with Crippen molar-refractivity contribution in [3.05, 3.63) is 34.9 Å². The van der Waals surface area contributed by atoms with Crippen molar-refractivity contribution in [1.82, 2.24) is 0 Å². The number of hydrogen-bond acceptors (Lipinski definition) is 3. The van der Waals surface area contributed by atoms with Crippen molar-refractivity contribution in [3.8, 4) is 0 Å². The van der Waals surface area contributed by atoms with Gasteiger partial charge in [-0.1, -0.05) is 11.2 Å². The summed E-state index contributed by atoms with van der Waals surface area (Å²) in [6, 6.07) is 3.32. The van der Waals surface area contributed by atoms with Crippen LogP contribution >= 0.6 is 0 Å². The van der Waals surface area contributed by atoms with Crippen molar-refractivity contribution in [3.63, 3.8) is 0 Å². The predicted molar refractivity (Wildman–Crippen MR) is 54.1 cm³/mol. The Morgan fingerprint density at radius 1 is 1.41 bits per heavy atom. The van der Waals surface area contributed by atoms with Gasteiger partial charge in [-0.05, 0) is 24.6 Å². The van der Waals surface area contributed by atoms with Crippen molar-refractivity contribution in [2.45, 2.75) is 19.2 Å². The number of hydrogen-bond donors (Lipinski definition) is 1. The summed E-state index contributed by atoms with van der Waals surface area (Å²) in [7, 11) is 0. The monoisotopic (exact) mass is 245 g/mol. The fraction of sp³-hybridized carbons (Fsp3) is 0.364. The van der Waals surface area contributed by atoms with Crippen LogP contribution in [0, 0.1) is 0 Å². The Hall–Kier alpha value is -1.56. The van der Waals surface area contributed by atoms with Gasteiger partial charge in [0.1, 0.15) is 5.71 Å². The molecular weight excluding hydrogens is 235 g/mol. The summed E-state index contributed by atoms with van der Waals surface area (Å²) < 4.78 is 42.8. The number of ether oxygens (including phenoxy) is 1. The second kappa shape index (κ2) is 4.03. The first kappa shape index (κ1) is 11.9. The topological polar surface area (TPSA) is 41.8 Å². The fourth-order valence-electron chi connectivity index (χ4n) is 1.79. The minimum absolute atomic E-state index is 0.0933. The molecule has 0 bridgehead atoms. The number of rotatable bonds is 0. The average Bonchev–Trinajstić information content (AvgIpc) is 2.28. The van der Waals surface area contributed by atoms with Gasteiger partial charge in [-0.3, -0.25) is 0 Å². The summed E-state index contributed by atoms with van der Waals surface area (Å²) >= 11 is 0. The Morgan fingerprint density at radius 2 is 2.12 bits per heavy atom. The molecule has 0 radical (unpaired) electrons. The molecule has 6 heteroatoms. The average molecular weight is 245 g/mol. The molecule has 1 aliphatic heterocycles. The van der Waals surface area contributed by atoms with Crippen molar-refractivity contribution in [2.24, 2.45) is 5.16 Å². The molecule has 92 valence electrons. The molecule has 1 aromatic carbocycles. The quantitative estimate of drug-likeness (QED) is 0.564. The smallest absolute Gasteiger partial charge is 0.411 e. The van der Waals surface area contributed by atoms with E-state index >= 15 is 0 Å². The van der Waals surface area contributed by atoms with Crippen LogP contribution in [-0.4, -0.2) is 17.5 Å². The van der Waals surface area contributed by atoms with Crippen LogP contribution in [0.5, 0.6) is 0 Å². The molecule has 0 saturated heterocycles. The van der Waals surface area contributed by atoms with Crippen molar-refractivity contribution in [2.75, 3.05) is 6.61 Å². The molecule has 0 aromatic heterocycles. The van der Waals surface area contributed by atoms with Gasteiger partial charge in [0.15, 0.2) is 0 Å². The first-order chi connectivity index (χ1) is 7.93. The van der Waals surface area contributed by atoms with Crippen molar-refractivity contribution >= 4 is 5.71 Å². The van der Waals surface area contributed by atoms with E-state index in [1.165, 1.54) is 6.07 Å². The van der Waals surface area contributed by atoms with Crippen LogP contribution in [0.15, 0.2) is 23.4 Å². The van der Waals surface area contributed by atoms with Gasteiger partial charge in [0, 0.05) is 5.56 Å². The third-order valence-electron chi connectivity index (χ3n) is 2.72. The molecule has 0 aliphatic carbocycles. The molecule has 0 amide bonds. The summed E-state index contributed by atoms with van der Waals surface area (Å²) in [6.45, 7) is 1.75. The molecule has 1 heterocycles. The van der Waals surface area contributed by atoms with Crippen LogP contribution in [0.2, 0.25) is 0 Å². The van der Waals surface area contributed by atoms with Crippen LogP contribution < -0.4 is 0 Å². The van der Waals surface area contributed by atoms with Crippen LogP contribution in [0.4, 0.5) is 13.2 Å². The predicted octanol–water partition coefficient (Wildman–Crippen LogP) is 2.97. The lowest BCUT2D eigenvalue weighted by Crippen LogP contribution is -2.23. The highest BCUT2D eigenvalue weighted by molar-refractivity contribution is 6.03. The van der Waals surface area contributed by atoms with Crippen LogP contribution in [-0.2, 0) is 10.9 Å². The molecule has 2 rings (SSSR count). The van der Waals surface area contributed by atoms with Gasteiger partial charge in [0.05, 0.1) is 18.3 Å². The Bertz CT molecular complexity index is 468. The molecule has 1 aliphatic rings. The van der Waals surface area contributed by atoms with Crippen LogP contribution in [0.25, 0.3) is 0 Å². The first-order valence-electron chi connectivity index (χ1n) is 4.97. The highest BCUT2D eigenvalue weighted by Gasteiger charge is 2.33. The van der Waals surface area contributed by atoms with Gasteiger partial charge >= 0.3 is 6.18 Å². The molecule has 1 atom stereocenters. The normalized spacial score (nSPS) is 22.6. The van der Waals surface area contributed by atoms with Crippen molar-refractivity contribution in [1.29, 1.82) is 0 Å². The molecule has 1 N–H and O–H groups in total. The standard InChI is InChI=1S/C11H10F3NO2/c1-6-9-4-7(11(12,13)14)2-3-8(9)10(15-16)5-17-6/h2-4,6,16H,5H2,1H3. The molecular formula is C11H10F3NO2. The molecule has 17 heavy (non-hydrogen) atoms. The second-order valence-electron chi connectivity index (χ2n) is 3.80. The molecule has 3 nitrogen and oxygen atoms in total. The van der Waals surface area contributed by atoms with E-state index in [0.29, 0.717) is 11.1 Å². The lowest BCUT2D eigenvalue weighted by atomic mass is 9.94. The number of nitrogens with zero attached hydrogens (tertiary/aromatic N) is 1. The number of alkyl halides is 3. The van der Waals surface area contributed by atoms with Gasteiger partial charge in [0.2, 0.25) is 0 Å². The zero-order valence-corrected chi connectivity index (χ0v) is 8.95. The van der Waals surface area contributed by atoms with Gasteiger partial charge in [0.25, 0.3) is 0 Å². The number of fused-ring (bicyclic) bond motifs is 1. The Kier molecular flexibility index (Phi) is 2.82. The number of benzene rings is 1. The lowest BCUT2D eigenvalue weighted by Gasteiger charge is -2.24.